The third-order valence-electron chi connectivity index (χ3n) is 5.86. The van der Waals surface area contributed by atoms with E-state index >= 15 is 0 Å². The van der Waals surface area contributed by atoms with Crippen LogP contribution >= 0.6 is 0 Å². The van der Waals surface area contributed by atoms with Crippen molar-refractivity contribution in [3.63, 3.8) is 0 Å². The molecule has 0 aliphatic carbocycles. The predicted molar refractivity (Wildman–Crippen MR) is 120 cm³/mol. The third-order valence-corrected chi connectivity index (χ3v) is 5.86. The predicted octanol–water partition coefficient (Wildman–Crippen LogP) is 1.28. The van der Waals surface area contributed by atoms with E-state index in [1.807, 2.05) is 36.1 Å². The van der Waals surface area contributed by atoms with Gasteiger partial charge in [0, 0.05) is 32.0 Å². The first kappa shape index (κ1) is 20.1. The van der Waals surface area contributed by atoms with Crippen LogP contribution in [0.4, 0.5) is 5.82 Å². The van der Waals surface area contributed by atoms with E-state index in [9.17, 15) is 4.79 Å². The van der Waals surface area contributed by atoms with E-state index in [0.29, 0.717) is 18.7 Å². The number of nitrogens with one attached hydrogen (secondary N) is 2. The van der Waals surface area contributed by atoms with Crippen LogP contribution in [0.3, 0.4) is 0 Å². The number of anilines is 1. The molecule has 3 aromatic heterocycles. The number of likely N-dealkylation sites (N-methyl/N-ethyl adjacent to an activating group) is 1. The first-order chi connectivity index (χ1) is 15.6. The molecule has 10 heteroatoms. The molecule has 0 saturated carbocycles. The van der Waals surface area contributed by atoms with Crippen LogP contribution in [-0.4, -0.2) is 73.5 Å². The molecular formula is C22H25N9O. The molecule has 1 atom stereocenters. The molecule has 1 unspecified atom stereocenters. The van der Waals surface area contributed by atoms with Gasteiger partial charge in [-0.2, -0.15) is 5.10 Å². The van der Waals surface area contributed by atoms with Crippen molar-refractivity contribution in [2.45, 2.75) is 19.5 Å². The number of carbonyl (C=O) groups is 1. The van der Waals surface area contributed by atoms with E-state index in [1.54, 1.807) is 6.20 Å². The number of piperazine rings is 1. The summed E-state index contributed by atoms with van der Waals surface area (Å²) >= 11 is 0. The Morgan fingerprint density at radius 3 is 2.81 bits per heavy atom. The van der Waals surface area contributed by atoms with Crippen LogP contribution in [0.2, 0.25) is 0 Å². The summed E-state index contributed by atoms with van der Waals surface area (Å²) < 4.78 is 1.83. The molecule has 1 aliphatic rings. The molecule has 0 spiro atoms. The van der Waals surface area contributed by atoms with Crippen molar-refractivity contribution >= 4 is 22.8 Å². The average molecular weight is 432 g/mol. The van der Waals surface area contributed by atoms with Gasteiger partial charge in [-0.1, -0.05) is 17.7 Å². The van der Waals surface area contributed by atoms with Gasteiger partial charge in [0.25, 0.3) is 0 Å². The molecule has 4 aromatic rings. The molecule has 1 amide bonds. The summed E-state index contributed by atoms with van der Waals surface area (Å²) in [6.45, 7) is 4.53. The number of rotatable bonds is 5. The zero-order valence-electron chi connectivity index (χ0n) is 18.1. The number of benzene rings is 1. The number of hydrogen-bond acceptors (Lipinski definition) is 7. The Bertz CT molecular complexity index is 1220. The first-order valence-corrected chi connectivity index (χ1v) is 10.6. The summed E-state index contributed by atoms with van der Waals surface area (Å²) in [6.07, 6.45) is 5.17. The molecule has 32 heavy (non-hydrogen) atoms. The Morgan fingerprint density at radius 2 is 2.03 bits per heavy atom. The molecule has 1 fully saturated rings. The summed E-state index contributed by atoms with van der Waals surface area (Å²) in [7, 11) is 1.97. The average Bonchev–Trinajstić information content (AvgIpc) is 3.48. The van der Waals surface area contributed by atoms with Crippen molar-refractivity contribution in [1.82, 2.24) is 40.2 Å². The number of aryl methyl sites for hydroxylation is 1. The lowest BCUT2D eigenvalue weighted by Crippen LogP contribution is -2.57. The maximum atomic E-state index is 12.9. The van der Waals surface area contributed by atoms with Crippen LogP contribution in [0.25, 0.3) is 16.7 Å². The molecule has 0 radical (unpaired) electrons. The van der Waals surface area contributed by atoms with Crippen molar-refractivity contribution in [2.24, 2.45) is 0 Å². The largest absolute Gasteiger partial charge is 0.353 e. The molecule has 10 nitrogen and oxygen atoms in total. The van der Waals surface area contributed by atoms with Gasteiger partial charge in [0.2, 0.25) is 5.91 Å². The molecule has 164 valence electrons. The summed E-state index contributed by atoms with van der Waals surface area (Å²) in [6, 6.07) is 9.74. The molecule has 2 N–H and O–H groups in total. The second-order valence-corrected chi connectivity index (χ2v) is 8.09. The van der Waals surface area contributed by atoms with Gasteiger partial charge in [-0.05, 0) is 32.2 Å². The van der Waals surface area contributed by atoms with E-state index in [0.717, 1.165) is 35.7 Å². The minimum atomic E-state index is -0.288. The van der Waals surface area contributed by atoms with Gasteiger partial charge in [-0.15, -0.1) is 5.10 Å². The zero-order valence-corrected chi connectivity index (χ0v) is 18.1. The van der Waals surface area contributed by atoms with Gasteiger partial charge in [0.15, 0.2) is 5.65 Å². The molecule has 4 heterocycles. The lowest BCUT2D eigenvalue weighted by Gasteiger charge is -2.39. The number of hydrogen-bond donors (Lipinski definition) is 2. The van der Waals surface area contributed by atoms with Crippen molar-refractivity contribution < 1.29 is 4.79 Å². The van der Waals surface area contributed by atoms with E-state index in [2.05, 4.69) is 59.4 Å². The van der Waals surface area contributed by atoms with Gasteiger partial charge in [-0.25, -0.2) is 14.6 Å². The Balaban J connectivity index is 1.38. The maximum absolute atomic E-state index is 12.9. The Kier molecular flexibility index (Phi) is 5.28. The number of H-pyrrole nitrogens is 1. The van der Waals surface area contributed by atoms with Gasteiger partial charge >= 0.3 is 0 Å². The minimum absolute atomic E-state index is 0.0209. The lowest BCUT2D eigenvalue weighted by molar-refractivity contribution is -0.126. The summed E-state index contributed by atoms with van der Waals surface area (Å²) in [5, 5.41) is 15.3. The summed E-state index contributed by atoms with van der Waals surface area (Å²) in [4.78, 5) is 26.0. The minimum Gasteiger partial charge on any atom is -0.353 e. The van der Waals surface area contributed by atoms with Gasteiger partial charge in [0.05, 0.1) is 23.3 Å². The highest BCUT2D eigenvalue weighted by molar-refractivity contribution is 5.88. The number of carbonyl (C=O) groups excluding carboxylic acids is 1. The highest BCUT2D eigenvalue weighted by atomic mass is 16.2. The van der Waals surface area contributed by atoms with Crippen LogP contribution in [-0.2, 0) is 11.3 Å². The fraction of sp³-hybridized carbons (Fsp3) is 0.318. The number of fused-ring (bicyclic) bond motifs is 1. The SMILES string of the molecule is Cc1ccc(-n2cc3c(N4CCN(C)C(C(=O)NCc5ccn[nH]5)C4)ncnc3n2)cc1. The fourth-order valence-corrected chi connectivity index (χ4v) is 3.94. The summed E-state index contributed by atoms with van der Waals surface area (Å²) in [5.41, 5.74) is 3.67. The molecule has 1 saturated heterocycles. The van der Waals surface area contributed by atoms with E-state index < -0.39 is 0 Å². The Hall–Kier alpha value is -3.79. The Morgan fingerprint density at radius 1 is 1.19 bits per heavy atom. The highest BCUT2D eigenvalue weighted by Crippen LogP contribution is 2.25. The van der Waals surface area contributed by atoms with Crippen molar-refractivity contribution in [1.29, 1.82) is 0 Å². The number of amides is 1. The zero-order chi connectivity index (χ0) is 22.1. The topological polar surface area (TPSA) is 108 Å². The number of nitrogens with zero attached hydrogens (tertiary/aromatic N) is 7. The van der Waals surface area contributed by atoms with Gasteiger partial charge in [0.1, 0.15) is 18.2 Å². The van der Waals surface area contributed by atoms with Crippen molar-refractivity contribution in [2.75, 3.05) is 31.6 Å². The highest BCUT2D eigenvalue weighted by Gasteiger charge is 2.31. The smallest absolute Gasteiger partial charge is 0.239 e. The fourth-order valence-electron chi connectivity index (χ4n) is 3.94. The molecular weight excluding hydrogens is 406 g/mol. The van der Waals surface area contributed by atoms with Crippen LogP contribution in [0, 0.1) is 6.92 Å². The maximum Gasteiger partial charge on any atom is 0.239 e. The third kappa shape index (κ3) is 3.92. The van der Waals surface area contributed by atoms with Gasteiger partial charge < -0.3 is 10.2 Å². The quantitative estimate of drug-likeness (QED) is 0.490. The number of aromatic nitrogens is 6. The van der Waals surface area contributed by atoms with Gasteiger partial charge in [-0.3, -0.25) is 14.8 Å². The van der Waals surface area contributed by atoms with Crippen molar-refractivity contribution in [3.05, 3.63) is 60.3 Å². The van der Waals surface area contributed by atoms with E-state index in [-0.39, 0.29) is 11.9 Å². The van der Waals surface area contributed by atoms with Crippen molar-refractivity contribution in [3.8, 4) is 5.69 Å². The molecule has 5 rings (SSSR count). The standard InChI is InChI=1S/C22H25N9O/c1-15-3-5-17(6-4-15)31-12-18-20(28-31)24-14-25-21(18)30-10-9-29(2)19(13-30)22(32)23-11-16-7-8-26-27-16/h3-8,12,14,19H,9-11,13H2,1-2H3,(H,23,32)(H,26,27). The Labute approximate surface area is 185 Å². The molecule has 1 aromatic carbocycles. The van der Waals surface area contributed by atoms with E-state index in [1.165, 1.54) is 11.9 Å². The monoisotopic (exact) mass is 431 g/mol. The summed E-state index contributed by atoms with van der Waals surface area (Å²) in [5.74, 6) is 0.778. The molecule has 0 bridgehead atoms. The normalized spacial score (nSPS) is 17.1. The first-order valence-electron chi connectivity index (χ1n) is 10.6. The second kappa shape index (κ2) is 8.39. The lowest BCUT2D eigenvalue weighted by atomic mass is 10.1. The number of aromatic amines is 1. The second-order valence-electron chi connectivity index (χ2n) is 8.09. The molecule has 1 aliphatic heterocycles. The van der Waals surface area contributed by atoms with E-state index in [4.69, 9.17) is 0 Å². The van der Waals surface area contributed by atoms with Crippen LogP contribution in [0.1, 0.15) is 11.3 Å². The van der Waals surface area contributed by atoms with Crippen LogP contribution < -0.4 is 10.2 Å². The van der Waals surface area contributed by atoms with Crippen LogP contribution in [0.5, 0.6) is 0 Å². The van der Waals surface area contributed by atoms with Crippen LogP contribution in [0.15, 0.2) is 49.1 Å².